The molecule has 4 aliphatic rings. The van der Waals surface area contributed by atoms with E-state index in [0.29, 0.717) is 17.8 Å². The monoisotopic (exact) mass is 658 g/mol. The largest absolute Gasteiger partial charge is 0.550 e. The molecule has 4 aliphatic carbocycles. The lowest BCUT2D eigenvalue weighted by atomic mass is 9.49. The van der Waals surface area contributed by atoms with E-state index in [1.54, 1.807) is 0 Å². The molecule has 47 heavy (non-hydrogen) atoms. The average Bonchev–Trinajstić information content (AvgIpc) is 2.93. The molecule has 4 fully saturated rings. The second kappa shape index (κ2) is 13.4. The fourth-order valence-electron chi connectivity index (χ4n) is 7.76. The zero-order valence-electron chi connectivity index (χ0n) is 29.9. The maximum absolute atomic E-state index is 11.1. The van der Waals surface area contributed by atoms with Crippen LogP contribution in [0.4, 0.5) is 0 Å². The minimum atomic E-state index is -0.758. The quantitative estimate of drug-likeness (QED) is 0.237. The van der Waals surface area contributed by atoms with Crippen LogP contribution in [-0.2, 0) is 15.7 Å². The first-order valence-corrected chi connectivity index (χ1v) is 18.4. The van der Waals surface area contributed by atoms with Crippen molar-refractivity contribution in [3.8, 4) is 17.2 Å². The number of carboxylic acid groups (broad SMARTS) is 1. The highest BCUT2D eigenvalue weighted by molar-refractivity contribution is 7.97. The minimum Gasteiger partial charge on any atom is -0.550 e. The van der Waals surface area contributed by atoms with Crippen LogP contribution in [0.3, 0.4) is 0 Å². The molecule has 0 spiro atoms. The summed E-state index contributed by atoms with van der Waals surface area (Å²) in [4.78, 5) is 14.8. The number of carbonyl (C=O) groups is 1. The molecule has 0 amide bonds. The summed E-state index contributed by atoms with van der Waals surface area (Å²) < 4.78 is 18.1. The van der Waals surface area contributed by atoms with Crippen LogP contribution in [0.15, 0.2) is 87.5 Å². The first-order chi connectivity index (χ1) is 21.9. The van der Waals surface area contributed by atoms with E-state index in [2.05, 4.69) is 135 Å². The summed E-state index contributed by atoms with van der Waals surface area (Å²) in [6.45, 7) is 18.6. The average molecular weight is 659 g/mol. The molecule has 0 aliphatic heterocycles. The van der Waals surface area contributed by atoms with Crippen molar-refractivity contribution < 1.29 is 24.1 Å². The highest BCUT2D eigenvalue weighted by atomic mass is 32.2. The first-order valence-electron chi connectivity index (χ1n) is 17.2. The summed E-state index contributed by atoms with van der Waals surface area (Å²) in [6, 6.07) is 25.4. The fourth-order valence-corrected chi connectivity index (χ4v) is 9.80. The number of hydrogen-bond acceptors (Lipinski definition) is 5. The topological polar surface area (TPSA) is 67.8 Å². The molecule has 254 valence electrons. The SMILES string of the molecule is CC(C)(C)Oc1ccc([S+](c2ccc(OC(C)(C)C)cc2)c2ccc(OC(C)(C)C)cc2)cc1.O=C([O-])C12CC3CC(CC(C3)C1)C2. The summed E-state index contributed by atoms with van der Waals surface area (Å²) in [7, 11) is -0.276. The van der Waals surface area contributed by atoms with Crippen LogP contribution in [0.1, 0.15) is 101 Å². The molecule has 3 aromatic rings. The van der Waals surface area contributed by atoms with E-state index in [-0.39, 0.29) is 27.7 Å². The summed E-state index contributed by atoms with van der Waals surface area (Å²) in [5.41, 5.74) is -1.08. The lowest BCUT2D eigenvalue weighted by Crippen LogP contribution is -2.54. The Bertz CT molecular complexity index is 1310. The lowest BCUT2D eigenvalue weighted by Gasteiger charge is -2.57. The van der Waals surface area contributed by atoms with Gasteiger partial charge in [-0.3, -0.25) is 0 Å². The van der Waals surface area contributed by atoms with Crippen molar-refractivity contribution in [3.63, 3.8) is 0 Å². The Hall–Kier alpha value is -3.12. The van der Waals surface area contributed by atoms with Gasteiger partial charge in [0.25, 0.3) is 0 Å². The van der Waals surface area contributed by atoms with E-state index >= 15 is 0 Å². The van der Waals surface area contributed by atoms with Gasteiger partial charge >= 0.3 is 0 Å². The molecular weight excluding hydrogens is 605 g/mol. The number of carboxylic acids is 1. The van der Waals surface area contributed by atoms with Gasteiger partial charge in [-0.1, -0.05) is 0 Å². The van der Waals surface area contributed by atoms with Gasteiger partial charge in [-0.2, -0.15) is 0 Å². The van der Waals surface area contributed by atoms with Crippen LogP contribution in [0.25, 0.3) is 0 Å². The molecule has 0 saturated heterocycles. The van der Waals surface area contributed by atoms with Gasteiger partial charge in [0.2, 0.25) is 0 Å². The fraction of sp³-hybridized carbons (Fsp3) is 0.537. The molecule has 5 nitrogen and oxygen atoms in total. The van der Waals surface area contributed by atoms with Crippen LogP contribution in [0.2, 0.25) is 0 Å². The van der Waals surface area contributed by atoms with Crippen molar-refractivity contribution in [1.82, 2.24) is 0 Å². The second-order valence-corrected chi connectivity index (χ2v) is 18.9. The van der Waals surface area contributed by atoms with Gasteiger partial charge in [-0.25, -0.2) is 0 Å². The van der Waals surface area contributed by atoms with Crippen LogP contribution in [0.5, 0.6) is 17.2 Å². The van der Waals surface area contributed by atoms with E-state index < -0.39 is 11.4 Å². The van der Waals surface area contributed by atoms with Gasteiger partial charge in [0.05, 0.1) is 10.9 Å². The number of hydrogen-bond donors (Lipinski definition) is 0. The first kappa shape index (κ1) is 35.2. The number of benzene rings is 3. The molecule has 0 aromatic heterocycles. The van der Waals surface area contributed by atoms with Gasteiger partial charge in [0.1, 0.15) is 34.1 Å². The summed E-state index contributed by atoms with van der Waals surface area (Å²) in [5.74, 6) is 4.01. The number of carbonyl (C=O) groups excluding carboxylic acids is 1. The van der Waals surface area contributed by atoms with Gasteiger partial charge in [-0.15, -0.1) is 0 Å². The lowest BCUT2D eigenvalue weighted by molar-refractivity contribution is -0.327. The van der Waals surface area contributed by atoms with Gasteiger partial charge < -0.3 is 24.1 Å². The van der Waals surface area contributed by atoms with Gasteiger partial charge in [0.15, 0.2) is 14.7 Å². The van der Waals surface area contributed by atoms with Crippen molar-refractivity contribution in [2.45, 2.75) is 132 Å². The normalized spacial score (nSPS) is 23.6. The van der Waals surface area contributed by atoms with Crippen molar-refractivity contribution in [1.29, 1.82) is 0 Å². The maximum atomic E-state index is 11.1. The molecule has 3 aromatic carbocycles. The van der Waals surface area contributed by atoms with E-state index in [9.17, 15) is 9.90 Å². The molecule has 6 heteroatoms. The zero-order chi connectivity index (χ0) is 34.2. The molecule has 0 heterocycles. The minimum absolute atomic E-state index is 0.227. The molecule has 0 atom stereocenters. The van der Waals surface area contributed by atoms with Crippen molar-refractivity contribution in [2.24, 2.45) is 23.2 Å². The van der Waals surface area contributed by atoms with Crippen LogP contribution in [-0.4, -0.2) is 22.8 Å². The number of ether oxygens (including phenoxy) is 3. The number of aliphatic carboxylic acids is 1. The Morgan fingerprint density at radius 2 is 0.809 bits per heavy atom. The van der Waals surface area contributed by atoms with Crippen LogP contribution < -0.4 is 19.3 Å². The Morgan fingerprint density at radius 3 is 1.02 bits per heavy atom. The third kappa shape index (κ3) is 9.49. The van der Waals surface area contributed by atoms with Crippen molar-refractivity contribution >= 4 is 16.9 Å². The Balaban J connectivity index is 0.000000273. The maximum Gasteiger partial charge on any atom is 0.166 e. The zero-order valence-corrected chi connectivity index (χ0v) is 30.7. The molecule has 4 saturated carbocycles. The summed E-state index contributed by atoms with van der Waals surface area (Å²) in [5, 5.41) is 11.1. The predicted octanol–water partition coefficient (Wildman–Crippen LogP) is 9.27. The Kier molecular flexibility index (Phi) is 10.0. The Labute approximate surface area is 285 Å². The smallest absolute Gasteiger partial charge is 0.166 e. The van der Waals surface area contributed by atoms with E-state index in [4.69, 9.17) is 14.2 Å². The summed E-state index contributed by atoms with van der Waals surface area (Å²) in [6.07, 6.45) is 6.65. The Morgan fingerprint density at radius 1 is 0.553 bits per heavy atom. The molecule has 0 N–H and O–H groups in total. The second-order valence-electron chi connectivity index (χ2n) is 16.8. The van der Waals surface area contributed by atoms with Crippen molar-refractivity contribution in [3.05, 3.63) is 72.8 Å². The third-order valence-electron chi connectivity index (χ3n) is 8.92. The van der Waals surface area contributed by atoms with Gasteiger partial charge in [-0.05, 0) is 191 Å². The highest BCUT2D eigenvalue weighted by Gasteiger charge is 2.51. The standard InChI is InChI=1S/C30H39O3S.C11H16O2/c1-28(2,3)31-22-10-16-25(17-11-22)34(26-18-12-23(13-19-26)32-29(4,5)6)27-20-14-24(15-21-27)33-30(7,8)9;12-10(13)11-4-7-1-8(5-11)3-9(2-7)6-11/h10-21H,1-9H3;7-9H,1-6H2,(H,12,13)/q+1;/p-1. The predicted molar refractivity (Wildman–Crippen MR) is 188 cm³/mol. The molecular formula is C41H54O5S. The van der Waals surface area contributed by atoms with Crippen molar-refractivity contribution in [2.75, 3.05) is 0 Å². The molecule has 0 radical (unpaired) electrons. The van der Waals surface area contributed by atoms with E-state index in [0.717, 1.165) is 36.5 Å². The van der Waals surface area contributed by atoms with E-state index in [1.807, 2.05) is 0 Å². The van der Waals surface area contributed by atoms with E-state index in [1.165, 1.54) is 33.9 Å². The third-order valence-corrected chi connectivity index (χ3v) is 11.2. The molecule has 0 unspecified atom stereocenters. The number of rotatable bonds is 7. The van der Waals surface area contributed by atoms with Gasteiger partial charge in [0, 0.05) is 11.4 Å². The van der Waals surface area contributed by atoms with Crippen LogP contribution >= 0.6 is 0 Å². The molecule has 4 bridgehead atoms. The molecule has 7 rings (SSSR count). The summed E-state index contributed by atoms with van der Waals surface area (Å²) >= 11 is 0. The van der Waals surface area contributed by atoms with Crippen LogP contribution in [0, 0.1) is 23.2 Å². The highest BCUT2D eigenvalue weighted by Crippen LogP contribution is 2.59.